The number of aryl methyl sites for hydroxylation is 1. The molecule has 0 radical (unpaired) electrons. The highest BCUT2D eigenvalue weighted by Crippen LogP contribution is 2.20. The summed E-state index contributed by atoms with van der Waals surface area (Å²) in [5, 5.41) is 7.38. The van der Waals surface area contributed by atoms with Crippen molar-refractivity contribution in [3.05, 3.63) is 28.7 Å². The zero-order valence-corrected chi connectivity index (χ0v) is 12.8. The molecule has 5 nitrogen and oxygen atoms in total. The Morgan fingerprint density at radius 2 is 2.15 bits per heavy atom. The average Bonchev–Trinajstić information content (AvgIpc) is 2.96. The molecule has 106 valence electrons. The highest BCUT2D eigenvalue weighted by Gasteiger charge is 2.15. The molecule has 0 saturated carbocycles. The summed E-state index contributed by atoms with van der Waals surface area (Å²) < 4.78 is 6.25. The summed E-state index contributed by atoms with van der Waals surface area (Å²) in [6.45, 7) is 2.26. The van der Waals surface area contributed by atoms with Crippen LogP contribution in [0.2, 0.25) is 0 Å². The second-order valence-electron chi connectivity index (χ2n) is 5.11. The molecule has 3 heterocycles. The fraction of sp³-hybridized carbons (Fsp3) is 0.500. The van der Waals surface area contributed by atoms with Gasteiger partial charge in [-0.15, -0.1) is 0 Å². The normalized spacial score (nSPS) is 16.4. The lowest BCUT2D eigenvalue weighted by Gasteiger charge is -2.21. The molecular formula is C14H17BrN4O. The van der Waals surface area contributed by atoms with Gasteiger partial charge in [-0.1, -0.05) is 5.16 Å². The Morgan fingerprint density at radius 3 is 2.90 bits per heavy atom. The molecular weight excluding hydrogens is 320 g/mol. The summed E-state index contributed by atoms with van der Waals surface area (Å²) in [6.07, 6.45) is 6.20. The molecule has 1 aliphatic rings. The molecule has 0 amide bonds. The Balaban J connectivity index is 1.60. The SMILES string of the molecule is Brc1ccc(-c2noc(CCC3CCNCC3)n2)nc1. The van der Waals surface area contributed by atoms with Crippen molar-refractivity contribution in [3.8, 4) is 11.5 Å². The second-order valence-corrected chi connectivity index (χ2v) is 6.02. The molecule has 1 fully saturated rings. The van der Waals surface area contributed by atoms with E-state index in [1.807, 2.05) is 12.1 Å². The van der Waals surface area contributed by atoms with E-state index in [0.29, 0.717) is 11.7 Å². The molecule has 6 heteroatoms. The predicted molar refractivity (Wildman–Crippen MR) is 79.1 cm³/mol. The third kappa shape index (κ3) is 3.43. The van der Waals surface area contributed by atoms with Crippen LogP contribution in [0.5, 0.6) is 0 Å². The quantitative estimate of drug-likeness (QED) is 0.929. The first kappa shape index (κ1) is 13.7. The maximum Gasteiger partial charge on any atom is 0.227 e. The minimum absolute atomic E-state index is 0.567. The summed E-state index contributed by atoms with van der Waals surface area (Å²) in [5.41, 5.74) is 0.741. The number of hydrogen-bond acceptors (Lipinski definition) is 5. The van der Waals surface area contributed by atoms with Crippen LogP contribution in [0.15, 0.2) is 27.3 Å². The van der Waals surface area contributed by atoms with E-state index in [9.17, 15) is 0 Å². The Labute approximate surface area is 126 Å². The van der Waals surface area contributed by atoms with Gasteiger partial charge >= 0.3 is 0 Å². The average molecular weight is 337 g/mol. The van der Waals surface area contributed by atoms with E-state index in [0.717, 1.165) is 42.0 Å². The third-order valence-corrected chi connectivity index (χ3v) is 4.12. The lowest BCUT2D eigenvalue weighted by Crippen LogP contribution is -2.27. The molecule has 2 aromatic heterocycles. The smallest absolute Gasteiger partial charge is 0.227 e. The van der Waals surface area contributed by atoms with Gasteiger partial charge in [-0.05, 0) is 66.3 Å². The predicted octanol–water partition coefficient (Wildman–Crippen LogP) is 2.83. The van der Waals surface area contributed by atoms with Gasteiger partial charge in [-0.3, -0.25) is 4.98 Å². The Kier molecular flexibility index (Phi) is 4.42. The number of piperidine rings is 1. The zero-order chi connectivity index (χ0) is 13.8. The van der Waals surface area contributed by atoms with Gasteiger partial charge in [0.25, 0.3) is 0 Å². The van der Waals surface area contributed by atoms with Gasteiger partial charge in [0.05, 0.1) is 0 Å². The lowest BCUT2D eigenvalue weighted by molar-refractivity contribution is 0.324. The van der Waals surface area contributed by atoms with Gasteiger partial charge in [0, 0.05) is 17.1 Å². The van der Waals surface area contributed by atoms with Gasteiger partial charge in [0.1, 0.15) is 5.69 Å². The molecule has 1 saturated heterocycles. The summed E-state index contributed by atoms with van der Waals surface area (Å²) >= 11 is 3.36. The standard InChI is InChI=1S/C14H17BrN4O/c15-11-2-3-12(17-9-11)14-18-13(20-19-14)4-1-10-5-7-16-8-6-10/h2-3,9-10,16H,1,4-8H2. The van der Waals surface area contributed by atoms with Crippen LogP contribution in [0.25, 0.3) is 11.5 Å². The van der Waals surface area contributed by atoms with Gasteiger partial charge < -0.3 is 9.84 Å². The third-order valence-electron chi connectivity index (χ3n) is 3.65. The van der Waals surface area contributed by atoms with Gasteiger partial charge in [-0.2, -0.15) is 4.98 Å². The largest absolute Gasteiger partial charge is 0.339 e. The molecule has 20 heavy (non-hydrogen) atoms. The van der Waals surface area contributed by atoms with E-state index >= 15 is 0 Å². The monoisotopic (exact) mass is 336 g/mol. The number of nitrogens with zero attached hydrogens (tertiary/aromatic N) is 3. The summed E-state index contributed by atoms with van der Waals surface area (Å²) in [6, 6.07) is 3.80. The summed E-state index contributed by atoms with van der Waals surface area (Å²) in [5.74, 6) is 2.05. The van der Waals surface area contributed by atoms with Crippen LogP contribution in [-0.2, 0) is 6.42 Å². The van der Waals surface area contributed by atoms with Crippen molar-refractivity contribution in [2.24, 2.45) is 5.92 Å². The van der Waals surface area contributed by atoms with Crippen molar-refractivity contribution in [2.75, 3.05) is 13.1 Å². The van der Waals surface area contributed by atoms with Crippen LogP contribution in [-0.4, -0.2) is 28.2 Å². The highest BCUT2D eigenvalue weighted by atomic mass is 79.9. The molecule has 0 bridgehead atoms. The first-order valence-electron chi connectivity index (χ1n) is 6.96. The first-order valence-corrected chi connectivity index (χ1v) is 7.76. The van der Waals surface area contributed by atoms with E-state index in [1.54, 1.807) is 6.20 Å². The van der Waals surface area contributed by atoms with E-state index in [-0.39, 0.29) is 0 Å². The number of rotatable bonds is 4. The molecule has 1 N–H and O–H groups in total. The van der Waals surface area contributed by atoms with Crippen LogP contribution in [0.3, 0.4) is 0 Å². The van der Waals surface area contributed by atoms with Gasteiger partial charge in [-0.25, -0.2) is 0 Å². The van der Waals surface area contributed by atoms with Crippen LogP contribution in [0.1, 0.15) is 25.2 Å². The minimum Gasteiger partial charge on any atom is -0.339 e. The fourth-order valence-corrected chi connectivity index (χ4v) is 2.70. The number of aromatic nitrogens is 3. The molecule has 0 aliphatic carbocycles. The zero-order valence-electron chi connectivity index (χ0n) is 11.2. The topological polar surface area (TPSA) is 63.8 Å². The minimum atomic E-state index is 0.567. The molecule has 2 aromatic rings. The summed E-state index contributed by atoms with van der Waals surface area (Å²) in [4.78, 5) is 8.70. The Bertz CT molecular complexity index is 549. The molecule has 3 rings (SSSR count). The number of hydrogen-bond donors (Lipinski definition) is 1. The van der Waals surface area contributed by atoms with Gasteiger partial charge in [0.2, 0.25) is 11.7 Å². The molecule has 0 aromatic carbocycles. The van der Waals surface area contributed by atoms with E-state index in [4.69, 9.17) is 4.52 Å². The van der Waals surface area contributed by atoms with Crippen molar-refractivity contribution < 1.29 is 4.52 Å². The van der Waals surface area contributed by atoms with Crippen LogP contribution in [0, 0.1) is 5.92 Å². The van der Waals surface area contributed by atoms with Crippen molar-refractivity contribution in [1.82, 2.24) is 20.4 Å². The fourth-order valence-electron chi connectivity index (χ4n) is 2.47. The van der Waals surface area contributed by atoms with Crippen LogP contribution in [0.4, 0.5) is 0 Å². The van der Waals surface area contributed by atoms with Gasteiger partial charge in [0.15, 0.2) is 0 Å². The van der Waals surface area contributed by atoms with Crippen molar-refractivity contribution in [3.63, 3.8) is 0 Å². The maximum absolute atomic E-state index is 5.31. The first-order chi connectivity index (χ1) is 9.81. The van der Waals surface area contributed by atoms with E-state index in [2.05, 4.69) is 36.4 Å². The second kappa shape index (κ2) is 6.45. The van der Waals surface area contributed by atoms with Crippen molar-refractivity contribution in [1.29, 1.82) is 0 Å². The molecule has 0 atom stereocenters. The highest BCUT2D eigenvalue weighted by molar-refractivity contribution is 9.10. The summed E-state index contributed by atoms with van der Waals surface area (Å²) in [7, 11) is 0. The number of pyridine rings is 1. The Morgan fingerprint density at radius 1 is 1.30 bits per heavy atom. The lowest BCUT2D eigenvalue weighted by atomic mass is 9.93. The maximum atomic E-state index is 5.31. The molecule has 0 unspecified atom stereocenters. The molecule has 0 spiro atoms. The number of halogens is 1. The van der Waals surface area contributed by atoms with Crippen LogP contribution >= 0.6 is 15.9 Å². The van der Waals surface area contributed by atoms with E-state index in [1.165, 1.54) is 12.8 Å². The van der Waals surface area contributed by atoms with Crippen molar-refractivity contribution >= 4 is 15.9 Å². The van der Waals surface area contributed by atoms with Crippen molar-refractivity contribution in [2.45, 2.75) is 25.7 Å². The number of nitrogens with one attached hydrogen (secondary N) is 1. The Hall–Kier alpha value is -1.27. The van der Waals surface area contributed by atoms with E-state index < -0.39 is 0 Å². The van der Waals surface area contributed by atoms with Crippen LogP contribution < -0.4 is 5.32 Å². The molecule has 1 aliphatic heterocycles.